The van der Waals surface area contributed by atoms with Gasteiger partial charge in [0, 0.05) is 42.3 Å². The molecule has 0 amide bonds. The van der Waals surface area contributed by atoms with Gasteiger partial charge < -0.3 is 20.1 Å². The number of phenolic OH excluding ortho intramolecular Hbond substituents is 1. The van der Waals surface area contributed by atoms with Crippen LogP contribution in [0.4, 0.5) is 14.6 Å². The lowest BCUT2D eigenvalue weighted by Gasteiger charge is -2.34. The summed E-state index contributed by atoms with van der Waals surface area (Å²) in [4.78, 5) is 18.4. The molecule has 3 aliphatic heterocycles. The number of hydrogen-bond acceptors (Lipinski definition) is 8. The van der Waals surface area contributed by atoms with Crippen molar-refractivity contribution in [2.45, 2.75) is 43.3 Å². The number of aromatic nitrogens is 3. The molecule has 0 spiro atoms. The van der Waals surface area contributed by atoms with E-state index in [0.717, 1.165) is 45.3 Å². The number of ether oxygens (including phenoxy) is 1. The number of anilines is 1. The standard InChI is InChI=1S/C32H30F2N6O2/c1-3-22-25(33)7-4-17-10-21(41)11-23(26(17)22)28-27(34)29-24(13-35-28)30(40-14-19-5-6-20(15-40)36-19)38-31(37-29)42-16-32-12-18(32)8-9-39(32)2/h1,4,7,10-11,13,18-20,36,41H,5-6,8-9,12,14-16H2,2H3/t18?,19-,20+,32?. The number of piperazine rings is 1. The van der Waals surface area contributed by atoms with Gasteiger partial charge in [0.1, 0.15) is 35.2 Å². The Bertz CT molecular complexity index is 1810. The number of benzene rings is 2. The topological polar surface area (TPSA) is 86.6 Å². The molecule has 1 saturated carbocycles. The van der Waals surface area contributed by atoms with E-state index in [1.54, 1.807) is 6.20 Å². The zero-order valence-electron chi connectivity index (χ0n) is 23.2. The average molecular weight is 569 g/mol. The second kappa shape index (κ2) is 9.21. The Balaban J connectivity index is 1.29. The molecule has 0 radical (unpaired) electrons. The van der Waals surface area contributed by atoms with E-state index >= 15 is 4.39 Å². The summed E-state index contributed by atoms with van der Waals surface area (Å²) < 4.78 is 37.7. The molecule has 3 saturated heterocycles. The Labute approximate surface area is 241 Å². The number of fused-ring (bicyclic) bond motifs is 5. The van der Waals surface area contributed by atoms with Crippen LogP contribution in [0, 0.1) is 29.9 Å². The SMILES string of the molecule is C#Cc1c(F)ccc2cc(O)cc(-c3ncc4c(N5C[C@H]6CC[C@@H](C5)N6)nc(OCC56CC5CCN6C)nc4c3F)c12. The molecule has 8 nitrogen and oxygen atoms in total. The summed E-state index contributed by atoms with van der Waals surface area (Å²) in [6, 6.07) is 6.36. The van der Waals surface area contributed by atoms with Crippen LogP contribution in [0.25, 0.3) is 32.9 Å². The maximum absolute atomic E-state index is 16.7. The number of halogens is 2. The molecule has 4 fully saturated rings. The molecule has 10 heteroatoms. The molecule has 2 bridgehead atoms. The highest BCUT2D eigenvalue weighted by molar-refractivity contribution is 6.03. The van der Waals surface area contributed by atoms with Crippen molar-refractivity contribution in [3.05, 3.63) is 47.7 Å². The van der Waals surface area contributed by atoms with Gasteiger partial charge in [-0.2, -0.15) is 9.97 Å². The first-order valence-electron chi connectivity index (χ1n) is 14.5. The van der Waals surface area contributed by atoms with Gasteiger partial charge in [-0.3, -0.25) is 9.88 Å². The van der Waals surface area contributed by atoms with E-state index in [-0.39, 0.29) is 39.6 Å². The van der Waals surface area contributed by atoms with Crippen LogP contribution < -0.4 is 15.0 Å². The molecule has 2 N–H and O–H groups in total. The predicted molar refractivity (Wildman–Crippen MR) is 156 cm³/mol. The quantitative estimate of drug-likeness (QED) is 0.346. The van der Waals surface area contributed by atoms with Gasteiger partial charge in [0.05, 0.1) is 16.5 Å². The van der Waals surface area contributed by atoms with Gasteiger partial charge in [-0.05, 0) is 68.8 Å². The van der Waals surface area contributed by atoms with Crippen molar-refractivity contribution in [3.8, 4) is 35.4 Å². The van der Waals surface area contributed by atoms with Crippen LogP contribution in [0.2, 0.25) is 0 Å². The minimum absolute atomic E-state index is 0.00917. The monoisotopic (exact) mass is 568 g/mol. The number of pyridine rings is 1. The second-order valence-electron chi connectivity index (χ2n) is 12.2. The predicted octanol–water partition coefficient (Wildman–Crippen LogP) is 4.22. The van der Waals surface area contributed by atoms with E-state index in [0.29, 0.717) is 46.6 Å². The van der Waals surface area contributed by atoms with Gasteiger partial charge in [-0.25, -0.2) is 8.78 Å². The first kappa shape index (κ1) is 25.6. The van der Waals surface area contributed by atoms with E-state index in [4.69, 9.17) is 16.1 Å². The van der Waals surface area contributed by atoms with Gasteiger partial charge in [-0.1, -0.05) is 12.0 Å². The van der Waals surface area contributed by atoms with Crippen LogP contribution in [0.3, 0.4) is 0 Å². The molecule has 2 aromatic carbocycles. The summed E-state index contributed by atoms with van der Waals surface area (Å²) in [5, 5.41) is 15.4. The van der Waals surface area contributed by atoms with Crippen LogP contribution in [0.1, 0.15) is 31.2 Å². The van der Waals surface area contributed by atoms with Crippen molar-refractivity contribution in [2.75, 3.05) is 38.2 Å². The van der Waals surface area contributed by atoms with Crippen LogP contribution in [0.15, 0.2) is 30.5 Å². The summed E-state index contributed by atoms with van der Waals surface area (Å²) in [6.45, 7) is 2.95. The maximum atomic E-state index is 16.7. The lowest BCUT2D eigenvalue weighted by molar-refractivity contribution is 0.156. The maximum Gasteiger partial charge on any atom is 0.319 e. The Morgan fingerprint density at radius 1 is 1.17 bits per heavy atom. The summed E-state index contributed by atoms with van der Waals surface area (Å²) in [5.74, 6) is 2.14. The van der Waals surface area contributed by atoms with Gasteiger partial charge in [0.15, 0.2) is 5.82 Å². The zero-order chi connectivity index (χ0) is 28.7. The number of nitrogens with zero attached hydrogens (tertiary/aromatic N) is 5. The van der Waals surface area contributed by atoms with Gasteiger partial charge in [0.2, 0.25) is 0 Å². The largest absolute Gasteiger partial charge is 0.508 e. The fraction of sp³-hybridized carbons (Fsp3) is 0.406. The van der Waals surface area contributed by atoms with Gasteiger partial charge in [-0.15, -0.1) is 6.42 Å². The number of phenols is 1. The molecule has 214 valence electrons. The summed E-state index contributed by atoms with van der Waals surface area (Å²) in [5.41, 5.74) is 0.131. The number of terminal acetylenes is 1. The third-order valence-electron chi connectivity index (χ3n) is 9.83. The molecular formula is C32H30F2N6O2. The first-order valence-corrected chi connectivity index (χ1v) is 14.5. The third-order valence-corrected chi connectivity index (χ3v) is 9.83. The Hall–Kier alpha value is -4.07. The Kier molecular flexibility index (Phi) is 5.62. The Morgan fingerprint density at radius 3 is 2.69 bits per heavy atom. The zero-order valence-corrected chi connectivity index (χ0v) is 23.2. The van der Waals surface area contributed by atoms with Gasteiger partial charge >= 0.3 is 6.01 Å². The smallest absolute Gasteiger partial charge is 0.319 e. The number of piperidine rings is 1. The number of aromatic hydroxyl groups is 1. The fourth-order valence-electron chi connectivity index (χ4n) is 7.49. The molecule has 4 aliphatic rings. The van der Waals surface area contributed by atoms with Crippen molar-refractivity contribution < 1.29 is 18.6 Å². The van der Waals surface area contributed by atoms with E-state index in [2.05, 4.69) is 38.1 Å². The highest BCUT2D eigenvalue weighted by atomic mass is 19.1. The molecule has 1 aliphatic carbocycles. The highest BCUT2D eigenvalue weighted by Crippen LogP contribution is 2.55. The first-order chi connectivity index (χ1) is 20.3. The molecule has 42 heavy (non-hydrogen) atoms. The van der Waals surface area contributed by atoms with Crippen LogP contribution in [-0.4, -0.2) is 75.9 Å². The number of nitrogens with one attached hydrogen (secondary N) is 1. The third kappa shape index (κ3) is 3.83. The van der Waals surface area contributed by atoms with Crippen molar-refractivity contribution in [1.82, 2.24) is 25.2 Å². The summed E-state index contributed by atoms with van der Waals surface area (Å²) >= 11 is 0. The number of likely N-dealkylation sites (tertiary alicyclic amines) is 1. The highest BCUT2D eigenvalue weighted by Gasteiger charge is 2.61. The molecule has 5 heterocycles. The van der Waals surface area contributed by atoms with E-state index in [9.17, 15) is 9.50 Å². The van der Waals surface area contributed by atoms with Crippen molar-refractivity contribution in [3.63, 3.8) is 0 Å². The van der Waals surface area contributed by atoms with Gasteiger partial charge in [0.25, 0.3) is 0 Å². The molecule has 2 unspecified atom stereocenters. The average Bonchev–Trinajstić information content (AvgIpc) is 3.49. The van der Waals surface area contributed by atoms with Crippen LogP contribution >= 0.6 is 0 Å². The lowest BCUT2D eigenvalue weighted by atomic mass is 9.96. The van der Waals surface area contributed by atoms with Crippen LogP contribution in [0.5, 0.6) is 11.8 Å². The molecule has 2 aromatic heterocycles. The summed E-state index contributed by atoms with van der Waals surface area (Å²) in [7, 11) is 2.12. The minimum atomic E-state index is -0.710. The molecule has 8 rings (SSSR count). The van der Waals surface area contributed by atoms with Crippen molar-refractivity contribution in [2.24, 2.45) is 5.92 Å². The molecule has 4 atom stereocenters. The Morgan fingerprint density at radius 2 is 1.98 bits per heavy atom. The molecule has 4 aromatic rings. The van der Waals surface area contributed by atoms with E-state index < -0.39 is 11.6 Å². The number of hydrogen-bond donors (Lipinski definition) is 2. The normalized spacial score (nSPS) is 26.5. The number of rotatable bonds is 5. The van der Waals surface area contributed by atoms with E-state index in [1.807, 2.05) is 0 Å². The van der Waals surface area contributed by atoms with Crippen molar-refractivity contribution >= 4 is 27.5 Å². The van der Waals surface area contributed by atoms with Crippen molar-refractivity contribution in [1.29, 1.82) is 0 Å². The fourth-order valence-corrected chi connectivity index (χ4v) is 7.49. The summed E-state index contributed by atoms with van der Waals surface area (Å²) in [6.07, 6.45) is 11.6. The second-order valence-corrected chi connectivity index (χ2v) is 12.2. The molecular weight excluding hydrogens is 538 g/mol. The lowest BCUT2D eigenvalue weighted by Crippen LogP contribution is -2.51. The van der Waals surface area contributed by atoms with Crippen LogP contribution in [-0.2, 0) is 0 Å². The number of likely N-dealkylation sites (N-methyl/N-ethyl adjacent to an activating group) is 1. The minimum Gasteiger partial charge on any atom is -0.508 e. The van der Waals surface area contributed by atoms with E-state index in [1.165, 1.54) is 24.3 Å².